The Bertz CT molecular complexity index is 1490. The summed E-state index contributed by atoms with van der Waals surface area (Å²) < 4.78 is 47.6. The number of carbonyl (C=O) groups excluding carboxylic acids is 1. The van der Waals surface area contributed by atoms with Crippen LogP contribution in [0.25, 0.3) is 0 Å². The van der Waals surface area contributed by atoms with Crippen LogP contribution in [0.4, 0.5) is 18.9 Å². The van der Waals surface area contributed by atoms with Crippen molar-refractivity contribution in [2.24, 2.45) is 0 Å². The zero-order valence-corrected chi connectivity index (χ0v) is 22.0. The molecule has 202 valence electrons. The van der Waals surface area contributed by atoms with Gasteiger partial charge in [-0.05, 0) is 71.7 Å². The minimum atomic E-state index is -4.82. The summed E-state index contributed by atoms with van der Waals surface area (Å²) in [5.74, 6) is -2.95. The average Bonchev–Trinajstić information content (AvgIpc) is 3.38. The number of carboxylic acids is 1. The van der Waals surface area contributed by atoms with Gasteiger partial charge in [0.25, 0.3) is 5.91 Å². The number of nitrogens with zero attached hydrogens (tertiary/aromatic N) is 6. The molecule has 0 spiro atoms. The molecule has 1 aromatic carbocycles. The Morgan fingerprint density at radius 2 is 1.79 bits per heavy atom. The van der Waals surface area contributed by atoms with Crippen molar-refractivity contribution >= 4 is 33.5 Å². The molecular formula is C25H20BrF3N6O4. The maximum atomic E-state index is 13.8. The first-order valence-corrected chi connectivity index (χ1v) is 12.1. The molecule has 3 heterocycles. The molecule has 4 rings (SSSR count). The number of halogens is 4. The lowest BCUT2D eigenvalue weighted by atomic mass is 10.1. The zero-order chi connectivity index (χ0) is 28.3. The van der Waals surface area contributed by atoms with Crippen molar-refractivity contribution < 1.29 is 32.6 Å². The van der Waals surface area contributed by atoms with Gasteiger partial charge in [0.05, 0.1) is 30.2 Å². The summed E-state index contributed by atoms with van der Waals surface area (Å²) in [6.07, 6.45) is 0.586. The van der Waals surface area contributed by atoms with Gasteiger partial charge in [0, 0.05) is 22.9 Å². The third-order valence-corrected chi connectivity index (χ3v) is 5.83. The smallest absolute Gasteiger partial charge is 0.421 e. The molecule has 1 N–H and O–H groups in total. The van der Waals surface area contributed by atoms with E-state index < -0.39 is 35.5 Å². The molecule has 39 heavy (non-hydrogen) atoms. The first-order chi connectivity index (χ1) is 18.4. The Hall–Kier alpha value is -4.33. The van der Waals surface area contributed by atoms with Crippen LogP contribution < -0.4 is 9.64 Å². The molecule has 0 saturated carbocycles. The molecule has 3 aromatic heterocycles. The van der Waals surface area contributed by atoms with E-state index >= 15 is 0 Å². The highest BCUT2D eigenvalue weighted by Gasteiger charge is 2.36. The van der Waals surface area contributed by atoms with Gasteiger partial charge in [-0.3, -0.25) is 4.79 Å². The third-order valence-electron chi connectivity index (χ3n) is 5.36. The number of aromatic nitrogens is 5. The summed E-state index contributed by atoms with van der Waals surface area (Å²) in [6.45, 7) is 3.33. The average molecular weight is 605 g/mol. The second-order valence-electron chi connectivity index (χ2n) is 8.47. The fourth-order valence-corrected chi connectivity index (χ4v) is 3.91. The quantitative estimate of drug-likeness (QED) is 0.282. The number of anilines is 1. The predicted octanol–water partition coefficient (Wildman–Crippen LogP) is 5.44. The van der Waals surface area contributed by atoms with Crippen molar-refractivity contribution in [1.82, 2.24) is 25.0 Å². The van der Waals surface area contributed by atoms with Gasteiger partial charge in [-0.2, -0.15) is 28.2 Å². The van der Waals surface area contributed by atoms with E-state index in [2.05, 4.69) is 36.1 Å². The summed E-state index contributed by atoms with van der Waals surface area (Å²) in [5.41, 5.74) is -1.24. The van der Waals surface area contributed by atoms with E-state index in [1.807, 2.05) is 0 Å². The summed E-state index contributed by atoms with van der Waals surface area (Å²) in [5, 5.41) is 17.6. The largest absolute Gasteiger partial charge is 0.478 e. The Kier molecular flexibility index (Phi) is 7.95. The van der Waals surface area contributed by atoms with Gasteiger partial charge in [-0.15, -0.1) is 0 Å². The Labute approximate surface area is 228 Å². The lowest BCUT2D eigenvalue weighted by Crippen LogP contribution is -2.38. The number of aromatic carboxylic acids is 1. The number of alkyl halides is 3. The summed E-state index contributed by atoms with van der Waals surface area (Å²) in [6, 6.07) is 7.08. The number of amides is 1. The highest BCUT2D eigenvalue weighted by molar-refractivity contribution is 9.10. The van der Waals surface area contributed by atoms with Crippen LogP contribution in [-0.4, -0.2) is 48.0 Å². The summed E-state index contributed by atoms with van der Waals surface area (Å²) in [4.78, 5) is 35.7. The molecule has 0 aliphatic carbocycles. The van der Waals surface area contributed by atoms with Crippen LogP contribution in [0.2, 0.25) is 0 Å². The van der Waals surface area contributed by atoms with Gasteiger partial charge >= 0.3 is 12.1 Å². The molecule has 0 unspecified atom stereocenters. The lowest BCUT2D eigenvalue weighted by molar-refractivity contribution is -0.139. The molecule has 0 fully saturated rings. The van der Waals surface area contributed by atoms with Crippen LogP contribution >= 0.6 is 15.9 Å². The van der Waals surface area contributed by atoms with Gasteiger partial charge in [0.1, 0.15) is 17.0 Å². The number of hydrogen-bond acceptors (Lipinski definition) is 7. The minimum absolute atomic E-state index is 0.0191. The third kappa shape index (κ3) is 6.39. The number of carbonyl (C=O) groups is 2. The highest BCUT2D eigenvalue weighted by Crippen LogP contribution is 2.38. The Morgan fingerprint density at radius 1 is 1.08 bits per heavy atom. The fourth-order valence-electron chi connectivity index (χ4n) is 3.67. The van der Waals surface area contributed by atoms with Crippen LogP contribution in [0, 0.1) is 0 Å². The van der Waals surface area contributed by atoms with Crippen molar-refractivity contribution in [3.05, 3.63) is 88.0 Å². The van der Waals surface area contributed by atoms with Crippen LogP contribution in [0.15, 0.2) is 65.7 Å². The Morgan fingerprint density at radius 3 is 2.38 bits per heavy atom. The van der Waals surface area contributed by atoms with Gasteiger partial charge in [0.15, 0.2) is 0 Å². The fraction of sp³-hybridized carbons (Fsp3) is 0.200. The van der Waals surface area contributed by atoms with Gasteiger partial charge in [-0.25, -0.2) is 14.8 Å². The highest BCUT2D eigenvalue weighted by atomic mass is 79.9. The molecule has 10 nitrogen and oxygen atoms in total. The molecule has 0 bridgehead atoms. The molecule has 4 aromatic rings. The normalized spacial score (nSPS) is 11.5. The van der Waals surface area contributed by atoms with E-state index in [0.717, 1.165) is 12.1 Å². The molecule has 0 saturated heterocycles. The maximum Gasteiger partial charge on any atom is 0.421 e. The van der Waals surface area contributed by atoms with E-state index in [9.17, 15) is 27.9 Å². The second kappa shape index (κ2) is 11.2. The van der Waals surface area contributed by atoms with Gasteiger partial charge < -0.3 is 14.7 Å². The standard InChI is InChI=1S/C25H20BrF3N6O4/c1-14(2)35(23(36)20-5-3-16(26)12-30-20)21-6-4-17(10-18(21)24(37)38)39-22-19(25(27,28)29)9-15(11-31-22)13-34-32-7-8-33-34/h3-12,14H,13H2,1-2H3,(H,37,38). The van der Waals surface area contributed by atoms with E-state index in [0.29, 0.717) is 4.47 Å². The SMILES string of the molecule is CC(C)N(C(=O)c1ccc(Br)cn1)c1ccc(Oc2ncc(Cn3nccn3)cc2C(F)(F)F)cc1C(=O)O. The van der Waals surface area contributed by atoms with Crippen LogP contribution in [-0.2, 0) is 12.7 Å². The van der Waals surface area contributed by atoms with E-state index in [-0.39, 0.29) is 34.8 Å². The van der Waals surface area contributed by atoms with Gasteiger partial charge in [-0.1, -0.05) is 0 Å². The van der Waals surface area contributed by atoms with Crippen molar-refractivity contribution in [1.29, 1.82) is 0 Å². The molecule has 0 radical (unpaired) electrons. The number of rotatable bonds is 8. The predicted molar refractivity (Wildman–Crippen MR) is 136 cm³/mol. The zero-order valence-electron chi connectivity index (χ0n) is 20.4. The number of ether oxygens (including phenoxy) is 1. The van der Waals surface area contributed by atoms with E-state index in [1.165, 1.54) is 52.7 Å². The van der Waals surface area contributed by atoms with Crippen molar-refractivity contribution in [3.63, 3.8) is 0 Å². The van der Waals surface area contributed by atoms with Crippen molar-refractivity contribution in [3.8, 4) is 11.6 Å². The lowest BCUT2D eigenvalue weighted by Gasteiger charge is -2.28. The monoisotopic (exact) mass is 604 g/mol. The van der Waals surface area contributed by atoms with Crippen LogP contribution in [0.5, 0.6) is 11.6 Å². The van der Waals surface area contributed by atoms with Crippen molar-refractivity contribution in [2.75, 3.05) is 4.90 Å². The van der Waals surface area contributed by atoms with E-state index in [1.54, 1.807) is 19.9 Å². The molecule has 0 aliphatic rings. The Balaban J connectivity index is 1.69. The summed E-state index contributed by atoms with van der Waals surface area (Å²) >= 11 is 3.24. The topological polar surface area (TPSA) is 123 Å². The van der Waals surface area contributed by atoms with Gasteiger partial charge in [0.2, 0.25) is 5.88 Å². The first-order valence-electron chi connectivity index (χ1n) is 11.3. The second-order valence-corrected chi connectivity index (χ2v) is 9.39. The molecule has 1 amide bonds. The maximum absolute atomic E-state index is 13.8. The molecule has 0 aliphatic heterocycles. The van der Waals surface area contributed by atoms with Crippen molar-refractivity contribution in [2.45, 2.75) is 32.6 Å². The molecular weight excluding hydrogens is 585 g/mol. The number of benzene rings is 1. The number of carboxylic acid groups (broad SMARTS) is 1. The molecule has 0 atom stereocenters. The van der Waals surface area contributed by atoms with Crippen LogP contribution in [0.3, 0.4) is 0 Å². The minimum Gasteiger partial charge on any atom is -0.478 e. The first kappa shape index (κ1) is 27.7. The van der Waals surface area contributed by atoms with E-state index in [4.69, 9.17) is 4.74 Å². The number of pyridine rings is 2. The molecule has 14 heteroatoms. The summed E-state index contributed by atoms with van der Waals surface area (Å²) in [7, 11) is 0. The van der Waals surface area contributed by atoms with Crippen LogP contribution in [0.1, 0.15) is 45.8 Å². The number of hydrogen-bond donors (Lipinski definition) is 1.